The van der Waals surface area contributed by atoms with Gasteiger partial charge in [-0.15, -0.1) is 0 Å². The summed E-state index contributed by atoms with van der Waals surface area (Å²) in [7, 11) is -3.63. The second-order valence-electron chi connectivity index (χ2n) is 6.37. The molecule has 24 heavy (non-hydrogen) atoms. The number of hydrogen-bond donors (Lipinski definition) is 1. The highest BCUT2D eigenvalue weighted by Crippen LogP contribution is 2.40. The summed E-state index contributed by atoms with van der Waals surface area (Å²) < 4.78 is 24.9. The molecule has 0 radical (unpaired) electrons. The van der Waals surface area contributed by atoms with Crippen LogP contribution in [0.25, 0.3) is 0 Å². The van der Waals surface area contributed by atoms with Crippen LogP contribution in [0.2, 0.25) is 0 Å². The summed E-state index contributed by atoms with van der Waals surface area (Å²) in [5.74, 6) is -0.567. The summed E-state index contributed by atoms with van der Waals surface area (Å²) in [6.45, 7) is 1.83. The molecule has 4 nitrogen and oxygen atoms in total. The monoisotopic (exact) mass is 343 g/mol. The molecule has 1 saturated carbocycles. The summed E-state index contributed by atoms with van der Waals surface area (Å²) in [6, 6.07) is 16.3. The fourth-order valence-electron chi connectivity index (χ4n) is 2.84. The molecule has 1 aliphatic carbocycles. The fraction of sp³-hybridized carbons (Fsp3) is 0.316. The number of rotatable bonds is 6. The average Bonchev–Trinajstić information content (AvgIpc) is 3.38. The Hall–Kier alpha value is -2.14. The first-order chi connectivity index (χ1) is 11.5. The van der Waals surface area contributed by atoms with Gasteiger partial charge in [0.15, 0.2) is 9.84 Å². The summed E-state index contributed by atoms with van der Waals surface area (Å²) in [5.41, 5.74) is 1.89. The molecule has 2 aromatic carbocycles. The number of hydrogen-bond acceptors (Lipinski definition) is 3. The van der Waals surface area contributed by atoms with Gasteiger partial charge in [-0.05, 0) is 48.9 Å². The molecular formula is C19H21NO3S. The third-order valence-electron chi connectivity index (χ3n) is 4.24. The zero-order valence-electron chi connectivity index (χ0n) is 13.6. The van der Waals surface area contributed by atoms with Gasteiger partial charge in [0, 0.05) is 0 Å². The van der Waals surface area contributed by atoms with Gasteiger partial charge in [-0.3, -0.25) is 4.79 Å². The molecule has 1 atom stereocenters. The van der Waals surface area contributed by atoms with Crippen LogP contribution in [0.15, 0.2) is 59.5 Å². The maximum atomic E-state index is 12.4. The van der Waals surface area contributed by atoms with E-state index in [2.05, 4.69) is 5.32 Å². The lowest BCUT2D eigenvalue weighted by molar-refractivity contribution is -0.119. The molecule has 0 aromatic heterocycles. The predicted octanol–water partition coefficient (Wildman–Crippen LogP) is 3.04. The van der Waals surface area contributed by atoms with Gasteiger partial charge >= 0.3 is 0 Å². The lowest BCUT2D eigenvalue weighted by Gasteiger charge is -2.19. The van der Waals surface area contributed by atoms with E-state index >= 15 is 0 Å². The molecule has 1 aliphatic rings. The normalized spacial score (nSPS) is 15.7. The molecule has 1 unspecified atom stereocenters. The highest BCUT2D eigenvalue weighted by molar-refractivity contribution is 7.92. The predicted molar refractivity (Wildman–Crippen MR) is 93.3 cm³/mol. The Kier molecular flexibility index (Phi) is 4.71. The molecule has 1 amide bonds. The number of carbonyl (C=O) groups is 1. The smallest absolute Gasteiger partial charge is 0.236 e. The van der Waals surface area contributed by atoms with E-state index in [1.165, 1.54) is 6.07 Å². The van der Waals surface area contributed by atoms with Gasteiger partial charge in [0.2, 0.25) is 5.91 Å². The van der Waals surface area contributed by atoms with E-state index < -0.39 is 21.5 Å². The van der Waals surface area contributed by atoms with Gasteiger partial charge in [-0.25, -0.2) is 8.42 Å². The van der Waals surface area contributed by atoms with Crippen LogP contribution in [0, 0.1) is 12.8 Å². The molecule has 0 bridgehead atoms. The Morgan fingerprint density at radius 1 is 1.12 bits per heavy atom. The standard InChI is InChI=1S/C19H21NO3S/c1-14-6-5-9-17(12-14)24(22,23)13-18(21)20-19(16-10-11-16)15-7-3-2-4-8-15/h2-9,12,16,19H,10-11,13H2,1H3,(H,20,21). The number of benzene rings is 2. The molecule has 0 spiro atoms. The zero-order chi connectivity index (χ0) is 17.2. The number of carbonyl (C=O) groups excluding carboxylic acids is 1. The van der Waals surface area contributed by atoms with Crippen molar-refractivity contribution in [1.82, 2.24) is 5.32 Å². The van der Waals surface area contributed by atoms with Crippen molar-refractivity contribution in [2.45, 2.75) is 30.7 Å². The minimum Gasteiger partial charge on any atom is -0.348 e. The Balaban J connectivity index is 1.72. The van der Waals surface area contributed by atoms with E-state index in [9.17, 15) is 13.2 Å². The number of amides is 1. The molecule has 1 fully saturated rings. The van der Waals surface area contributed by atoms with Crippen molar-refractivity contribution in [3.05, 3.63) is 65.7 Å². The molecule has 3 rings (SSSR count). The van der Waals surface area contributed by atoms with Crippen molar-refractivity contribution in [3.63, 3.8) is 0 Å². The van der Waals surface area contributed by atoms with Crippen molar-refractivity contribution < 1.29 is 13.2 Å². The minimum absolute atomic E-state index is 0.105. The van der Waals surface area contributed by atoms with Crippen molar-refractivity contribution in [2.24, 2.45) is 5.92 Å². The molecular weight excluding hydrogens is 322 g/mol. The summed E-state index contributed by atoms with van der Waals surface area (Å²) >= 11 is 0. The first-order valence-corrected chi connectivity index (χ1v) is 9.75. The van der Waals surface area contributed by atoms with Crippen LogP contribution in [-0.4, -0.2) is 20.1 Å². The maximum Gasteiger partial charge on any atom is 0.236 e. The Morgan fingerprint density at radius 3 is 2.46 bits per heavy atom. The minimum atomic E-state index is -3.63. The molecule has 1 N–H and O–H groups in total. The molecule has 2 aromatic rings. The van der Waals surface area contributed by atoms with Crippen LogP contribution in [0.1, 0.15) is 30.0 Å². The van der Waals surface area contributed by atoms with Crippen LogP contribution < -0.4 is 5.32 Å². The SMILES string of the molecule is Cc1cccc(S(=O)(=O)CC(=O)NC(c2ccccc2)C2CC2)c1. The highest BCUT2D eigenvalue weighted by atomic mass is 32.2. The fourth-order valence-corrected chi connectivity index (χ4v) is 4.09. The van der Waals surface area contributed by atoms with Gasteiger partial charge in [-0.1, -0.05) is 42.5 Å². The van der Waals surface area contributed by atoms with Crippen LogP contribution in [0.5, 0.6) is 0 Å². The number of nitrogens with one attached hydrogen (secondary N) is 1. The molecule has 5 heteroatoms. The first-order valence-electron chi connectivity index (χ1n) is 8.09. The van der Waals surface area contributed by atoms with E-state index in [4.69, 9.17) is 0 Å². The third-order valence-corrected chi connectivity index (χ3v) is 5.85. The lowest BCUT2D eigenvalue weighted by atomic mass is 10.0. The van der Waals surface area contributed by atoms with Gasteiger partial charge in [0.25, 0.3) is 0 Å². The van der Waals surface area contributed by atoms with Crippen LogP contribution in [0.4, 0.5) is 0 Å². The van der Waals surface area contributed by atoms with Crippen molar-refractivity contribution >= 4 is 15.7 Å². The Bertz CT molecular complexity index is 827. The zero-order valence-corrected chi connectivity index (χ0v) is 14.4. The summed E-state index contributed by atoms with van der Waals surface area (Å²) in [4.78, 5) is 12.5. The van der Waals surface area contributed by atoms with Gasteiger partial charge in [-0.2, -0.15) is 0 Å². The maximum absolute atomic E-state index is 12.4. The van der Waals surface area contributed by atoms with Crippen molar-refractivity contribution in [3.8, 4) is 0 Å². The van der Waals surface area contributed by atoms with Gasteiger partial charge < -0.3 is 5.32 Å². The first kappa shape index (κ1) is 16.7. The second kappa shape index (κ2) is 6.77. The number of aryl methyl sites for hydroxylation is 1. The van der Waals surface area contributed by atoms with Crippen LogP contribution in [-0.2, 0) is 14.6 Å². The third kappa shape index (κ3) is 4.03. The highest BCUT2D eigenvalue weighted by Gasteiger charge is 2.34. The molecule has 0 aliphatic heterocycles. The summed E-state index contributed by atoms with van der Waals surface area (Å²) in [5, 5.41) is 2.92. The second-order valence-corrected chi connectivity index (χ2v) is 8.36. The lowest BCUT2D eigenvalue weighted by Crippen LogP contribution is -2.34. The van der Waals surface area contributed by atoms with E-state index in [1.807, 2.05) is 43.3 Å². The van der Waals surface area contributed by atoms with Crippen LogP contribution in [0.3, 0.4) is 0 Å². The van der Waals surface area contributed by atoms with E-state index in [0.717, 1.165) is 24.0 Å². The quantitative estimate of drug-likeness (QED) is 0.877. The van der Waals surface area contributed by atoms with Gasteiger partial charge in [0.05, 0.1) is 10.9 Å². The van der Waals surface area contributed by atoms with Crippen molar-refractivity contribution in [1.29, 1.82) is 0 Å². The summed E-state index contributed by atoms with van der Waals surface area (Å²) in [6.07, 6.45) is 2.12. The topological polar surface area (TPSA) is 63.2 Å². The van der Waals surface area contributed by atoms with Gasteiger partial charge in [0.1, 0.15) is 5.75 Å². The van der Waals surface area contributed by atoms with E-state index in [-0.39, 0.29) is 10.9 Å². The Morgan fingerprint density at radius 2 is 1.83 bits per heavy atom. The van der Waals surface area contributed by atoms with E-state index in [0.29, 0.717) is 5.92 Å². The molecule has 126 valence electrons. The Labute approximate surface area is 142 Å². The van der Waals surface area contributed by atoms with Crippen molar-refractivity contribution in [2.75, 3.05) is 5.75 Å². The molecule has 0 saturated heterocycles. The largest absolute Gasteiger partial charge is 0.348 e. The average molecular weight is 343 g/mol. The number of sulfone groups is 1. The molecule has 0 heterocycles. The van der Waals surface area contributed by atoms with Crippen LogP contribution >= 0.6 is 0 Å². The van der Waals surface area contributed by atoms with E-state index in [1.54, 1.807) is 12.1 Å².